The van der Waals surface area contributed by atoms with Crippen LogP contribution in [0.4, 0.5) is 0 Å². The van der Waals surface area contributed by atoms with Gasteiger partial charge in [0, 0.05) is 17.1 Å². The minimum Gasteiger partial charge on any atom is -0.492 e. The number of aryl methyl sites for hydroxylation is 1. The number of carbonyl (C=O) groups is 1. The molecule has 0 aliphatic carbocycles. The van der Waals surface area contributed by atoms with Crippen molar-refractivity contribution in [2.45, 2.75) is 25.9 Å². The molecule has 0 saturated carbocycles. The van der Waals surface area contributed by atoms with Crippen LogP contribution in [-0.2, 0) is 13.1 Å². The number of ether oxygens (including phenoxy) is 1. The summed E-state index contributed by atoms with van der Waals surface area (Å²) in [6, 6.07) is 22.4. The van der Waals surface area contributed by atoms with Crippen molar-refractivity contribution in [3.05, 3.63) is 94.2 Å². The van der Waals surface area contributed by atoms with Gasteiger partial charge in [0.05, 0.1) is 29.2 Å². The van der Waals surface area contributed by atoms with Gasteiger partial charge >= 0.3 is 0 Å². The zero-order chi connectivity index (χ0) is 22.3. The van der Waals surface area contributed by atoms with Crippen LogP contribution in [0.15, 0.2) is 72.8 Å². The molecule has 5 nitrogen and oxygen atoms in total. The molecule has 0 atom stereocenters. The molecule has 0 spiro atoms. The number of unbranched alkanes of at least 4 members (excludes halogenated alkanes) is 1. The fraction of sp³-hybridized carbons (Fsp3) is 0.200. The van der Waals surface area contributed by atoms with Gasteiger partial charge in [-0.15, -0.1) is 0 Å². The molecule has 4 rings (SSSR count). The average Bonchev–Trinajstić information content (AvgIpc) is 3.16. The lowest BCUT2D eigenvalue weighted by Crippen LogP contribution is -2.24. The Kier molecular flexibility index (Phi) is 7.30. The molecule has 0 saturated heterocycles. The van der Waals surface area contributed by atoms with Crippen LogP contribution in [0.1, 0.15) is 29.0 Å². The third-order valence-electron chi connectivity index (χ3n) is 5.10. The standard InChI is InChI=1S/C25H23Cl2N3O2/c26-19-9-7-8-18(16-19)25(31)28-17-24-29-21-11-2-3-12-22(21)30(24)14-5-6-15-32-23-13-4-1-10-20(23)27/h1-4,7-13,16H,5-6,14-15,17H2,(H,28,31). The number of nitrogens with one attached hydrogen (secondary N) is 1. The number of nitrogens with zero attached hydrogens (tertiary/aromatic N) is 2. The van der Waals surface area contributed by atoms with E-state index in [9.17, 15) is 4.79 Å². The first-order valence-corrected chi connectivity index (χ1v) is 11.2. The fourth-order valence-corrected chi connectivity index (χ4v) is 3.90. The van der Waals surface area contributed by atoms with Crippen LogP contribution in [-0.4, -0.2) is 22.1 Å². The van der Waals surface area contributed by atoms with Crippen molar-refractivity contribution >= 4 is 40.1 Å². The van der Waals surface area contributed by atoms with Crippen molar-refractivity contribution in [1.82, 2.24) is 14.9 Å². The van der Waals surface area contributed by atoms with E-state index in [1.54, 1.807) is 24.3 Å². The van der Waals surface area contributed by atoms with E-state index in [0.29, 0.717) is 34.5 Å². The molecule has 0 bridgehead atoms. The van der Waals surface area contributed by atoms with Crippen LogP contribution in [0.3, 0.4) is 0 Å². The summed E-state index contributed by atoms with van der Waals surface area (Å²) in [5, 5.41) is 4.10. The molecule has 1 heterocycles. The van der Waals surface area contributed by atoms with E-state index >= 15 is 0 Å². The summed E-state index contributed by atoms with van der Waals surface area (Å²) in [7, 11) is 0. The number of benzene rings is 3. The largest absolute Gasteiger partial charge is 0.492 e. The normalized spacial score (nSPS) is 10.9. The van der Waals surface area contributed by atoms with Crippen LogP contribution in [0.25, 0.3) is 11.0 Å². The molecule has 1 aromatic heterocycles. The molecule has 0 radical (unpaired) electrons. The second kappa shape index (κ2) is 10.5. The first-order chi connectivity index (χ1) is 15.6. The summed E-state index contributed by atoms with van der Waals surface area (Å²) >= 11 is 12.1. The maximum atomic E-state index is 12.5. The predicted octanol–water partition coefficient (Wildman–Crippen LogP) is 6.13. The van der Waals surface area contributed by atoms with Crippen molar-refractivity contribution in [3.63, 3.8) is 0 Å². The molecule has 4 aromatic rings. The van der Waals surface area contributed by atoms with Crippen LogP contribution >= 0.6 is 23.2 Å². The second-order valence-electron chi connectivity index (χ2n) is 7.35. The van der Waals surface area contributed by atoms with Gasteiger partial charge in [0.1, 0.15) is 11.6 Å². The zero-order valence-corrected chi connectivity index (χ0v) is 18.9. The monoisotopic (exact) mass is 467 g/mol. The van der Waals surface area contributed by atoms with Crippen molar-refractivity contribution in [1.29, 1.82) is 0 Å². The van der Waals surface area contributed by atoms with Gasteiger partial charge in [0.15, 0.2) is 0 Å². The third-order valence-corrected chi connectivity index (χ3v) is 5.65. The number of para-hydroxylation sites is 3. The molecule has 1 N–H and O–H groups in total. The lowest BCUT2D eigenvalue weighted by molar-refractivity contribution is 0.0949. The van der Waals surface area contributed by atoms with Crippen LogP contribution < -0.4 is 10.1 Å². The highest BCUT2D eigenvalue weighted by molar-refractivity contribution is 6.32. The number of hydrogen-bond donors (Lipinski definition) is 1. The van der Waals surface area contributed by atoms with Crippen LogP contribution in [0.2, 0.25) is 10.0 Å². The fourth-order valence-electron chi connectivity index (χ4n) is 3.52. The van der Waals surface area contributed by atoms with Gasteiger partial charge in [-0.1, -0.05) is 53.5 Å². The first-order valence-electron chi connectivity index (χ1n) is 10.5. The number of amides is 1. The SMILES string of the molecule is O=C(NCc1nc2ccccc2n1CCCCOc1ccccc1Cl)c1cccc(Cl)c1. The van der Waals surface area contributed by atoms with E-state index in [1.165, 1.54) is 0 Å². The molecule has 164 valence electrons. The smallest absolute Gasteiger partial charge is 0.251 e. The minimum absolute atomic E-state index is 0.181. The minimum atomic E-state index is -0.181. The van der Waals surface area contributed by atoms with Crippen molar-refractivity contribution in [2.24, 2.45) is 0 Å². The Balaban J connectivity index is 1.39. The lowest BCUT2D eigenvalue weighted by atomic mass is 10.2. The van der Waals surface area contributed by atoms with Crippen molar-refractivity contribution in [2.75, 3.05) is 6.61 Å². The topological polar surface area (TPSA) is 56.2 Å². The molecule has 7 heteroatoms. The van der Waals surface area contributed by atoms with E-state index in [0.717, 1.165) is 36.2 Å². The molecule has 3 aromatic carbocycles. The summed E-state index contributed by atoms with van der Waals surface area (Å²) in [5.41, 5.74) is 2.48. The highest BCUT2D eigenvalue weighted by atomic mass is 35.5. The lowest BCUT2D eigenvalue weighted by Gasteiger charge is -2.11. The Morgan fingerprint density at radius 3 is 2.62 bits per heavy atom. The third kappa shape index (κ3) is 5.42. The number of imidazole rings is 1. The number of halogens is 2. The summed E-state index contributed by atoms with van der Waals surface area (Å²) in [6.45, 7) is 1.68. The Morgan fingerprint density at radius 1 is 0.969 bits per heavy atom. The average molecular weight is 468 g/mol. The van der Waals surface area contributed by atoms with Gasteiger partial charge in [-0.2, -0.15) is 0 Å². The maximum Gasteiger partial charge on any atom is 0.251 e. The summed E-state index contributed by atoms with van der Waals surface area (Å²) in [4.78, 5) is 17.3. The van der Waals surface area contributed by atoms with Crippen LogP contribution in [0, 0.1) is 0 Å². The van der Waals surface area contributed by atoms with Crippen molar-refractivity contribution in [3.8, 4) is 5.75 Å². The quantitative estimate of drug-likeness (QED) is 0.301. The van der Waals surface area contributed by atoms with Gasteiger partial charge in [0.2, 0.25) is 0 Å². The highest BCUT2D eigenvalue weighted by Crippen LogP contribution is 2.23. The van der Waals surface area contributed by atoms with Gasteiger partial charge < -0.3 is 14.6 Å². The van der Waals surface area contributed by atoms with E-state index in [4.69, 9.17) is 32.9 Å². The number of fused-ring (bicyclic) bond motifs is 1. The summed E-state index contributed by atoms with van der Waals surface area (Å²) < 4.78 is 7.94. The Hall–Kier alpha value is -3.02. The molecule has 32 heavy (non-hydrogen) atoms. The van der Waals surface area contributed by atoms with Crippen molar-refractivity contribution < 1.29 is 9.53 Å². The van der Waals surface area contributed by atoms with Crippen LogP contribution in [0.5, 0.6) is 5.75 Å². The Labute approximate surface area is 196 Å². The van der Waals surface area contributed by atoms with E-state index < -0.39 is 0 Å². The number of carbonyl (C=O) groups excluding carboxylic acids is 1. The molecule has 0 aliphatic rings. The summed E-state index contributed by atoms with van der Waals surface area (Å²) in [6.07, 6.45) is 1.77. The second-order valence-corrected chi connectivity index (χ2v) is 8.19. The number of rotatable bonds is 9. The zero-order valence-electron chi connectivity index (χ0n) is 17.4. The Morgan fingerprint density at radius 2 is 1.78 bits per heavy atom. The Bertz CT molecular complexity index is 1220. The number of aromatic nitrogens is 2. The van der Waals surface area contributed by atoms with E-state index in [1.807, 2.05) is 48.5 Å². The molecular weight excluding hydrogens is 445 g/mol. The van der Waals surface area contributed by atoms with E-state index in [-0.39, 0.29) is 5.91 Å². The van der Waals surface area contributed by atoms with Gasteiger partial charge in [-0.3, -0.25) is 4.79 Å². The highest BCUT2D eigenvalue weighted by Gasteiger charge is 2.12. The van der Waals surface area contributed by atoms with Gasteiger partial charge in [-0.05, 0) is 55.3 Å². The first kappa shape index (κ1) is 22.2. The maximum absolute atomic E-state index is 12.5. The molecule has 1 amide bonds. The molecule has 0 fully saturated rings. The molecule has 0 aliphatic heterocycles. The van der Waals surface area contributed by atoms with Gasteiger partial charge in [0.25, 0.3) is 5.91 Å². The van der Waals surface area contributed by atoms with E-state index in [2.05, 4.69) is 9.88 Å². The molecule has 0 unspecified atom stereocenters. The number of hydrogen-bond acceptors (Lipinski definition) is 3. The molecular formula is C25H23Cl2N3O2. The predicted molar refractivity (Wildman–Crippen MR) is 129 cm³/mol. The summed E-state index contributed by atoms with van der Waals surface area (Å²) in [5.74, 6) is 1.33. The van der Waals surface area contributed by atoms with Gasteiger partial charge in [-0.25, -0.2) is 4.98 Å².